The van der Waals surface area contributed by atoms with Gasteiger partial charge in [-0.25, -0.2) is 0 Å². The predicted molar refractivity (Wildman–Crippen MR) is 89.7 cm³/mol. The van der Waals surface area contributed by atoms with E-state index in [0.717, 1.165) is 5.39 Å². The number of amides is 1. The van der Waals surface area contributed by atoms with Crippen molar-refractivity contribution in [2.24, 2.45) is 0 Å². The van der Waals surface area contributed by atoms with E-state index in [1.54, 1.807) is 24.3 Å². The Kier molecular flexibility index (Phi) is 4.81. The lowest BCUT2D eigenvalue weighted by Crippen LogP contribution is -2.33. The molecular formula is C16H20N2O3S. The number of pyridine rings is 1. The Balaban J connectivity index is 2.08. The van der Waals surface area contributed by atoms with Gasteiger partial charge in [-0.15, -0.1) is 0 Å². The molecule has 1 heterocycles. The van der Waals surface area contributed by atoms with E-state index in [9.17, 15) is 13.8 Å². The van der Waals surface area contributed by atoms with Gasteiger partial charge in [0.2, 0.25) is 0 Å². The van der Waals surface area contributed by atoms with Crippen LogP contribution in [0.25, 0.3) is 10.8 Å². The van der Waals surface area contributed by atoms with E-state index < -0.39 is 10.8 Å². The Morgan fingerprint density at radius 2 is 1.95 bits per heavy atom. The number of aromatic amines is 1. The summed E-state index contributed by atoms with van der Waals surface area (Å²) in [5.74, 6) is 0.0151. The van der Waals surface area contributed by atoms with Gasteiger partial charge in [-0.1, -0.05) is 18.2 Å². The molecule has 0 saturated heterocycles. The van der Waals surface area contributed by atoms with Crippen molar-refractivity contribution in [3.05, 3.63) is 46.4 Å². The minimum absolute atomic E-state index is 0.213. The van der Waals surface area contributed by atoms with Gasteiger partial charge in [0.1, 0.15) is 5.69 Å². The topological polar surface area (TPSA) is 79.0 Å². The lowest BCUT2D eigenvalue weighted by atomic mass is 10.1. The van der Waals surface area contributed by atoms with E-state index in [0.29, 0.717) is 17.7 Å². The van der Waals surface area contributed by atoms with Crippen LogP contribution < -0.4 is 10.9 Å². The molecule has 0 saturated carbocycles. The maximum Gasteiger partial charge on any atom is 0.267 e. The van der Waals surface area contributed by atoms with Crippen molar-refractivity contribution in [2.75, 3.05) is 12.3 Å². The first-order chi connectivity index (χ1) is 10.3. The third-order valence-corrected chi connectivity index (χ3v) is 5.20. The van der Waals surface area contributed by atoms with Crippen LogP contribution in [0.4, 0.5) is 0 Å². The molecule has 0 fully saturated rings. The molecule has 5 nitrogen and oxygen atoms in total. The summed E-state index contributed by atoms with van der Waals surface area (Å²) in [5.41, 5.74) is -0.0771. The van der Waals surface area contributed by atoms with E-state index in [2.05, 4.69) is 10.3 Å². The number of carbonyl (C=O) groups is 1. The second-order valence-corrected chi connectivity index (χ2v) is 8.34. The molecule has 6 heteroatoms. The molecule has 0 spiro atoms. The van der Waals surface area contributed by atoms with Gasteiger partial charge in [-0.05, 0) is 38.3 Å². The molecule has 1 amide bonds. The molecule has 1 atom stereocenters. The standard InChI is InChI=1S/C16H20N2O3S/c1-16(2,3)22(21)9-8-17-15(20)13-10-11-6-4-5-7-12(11)14(19)18-13/h4-7,10H,8-9H2,1-3H3,(H,17,20)(H,18,19). The van der Waals surface area contributed by atoms with Gasteiger partial charge in [0.25, 0.3) is 11.5 Å². The SMILES string of the molecule is CC(C)(C)S(=O)CCNC(=O)c1cc2ccccc2c(=O)[nH]1. The number of benzene rings is 1. The van der Waals surface area contributed by atoms with E-state index in [4.69, 9.17) is 0 Å². The summed E-state index contributed by atoms with van der Waals surface area (Å²) in [5, 5.41) is 3.96. The molecule has 1 aromatic heterocycles. The number of aromatic nitrogens is 1. The normalized spacial score (nSPS) is 13.0. The molecule has 0 aliphatic carbocycles. The van der Waals surface area contributed by atoms with Crippen LogP contribution in [0.2, 0.25) is 0 Å². The number of nitrogens with one attached hydrogen (secondary N) is 2. The lowest BCUT2D eigenvalue weighted by molar-refractivity contribution is 0.0951. The van der Waals surface area contributed by atoms with E-state index in [1.807, 2.05) is 26.8 Å². The van der Waals surface area contributed by atoms with Crippen molar-refractivity contribution in [3.8, 4) is 0 Å². The number of H-pyrrole nitrogens is 1. The van der Waals surface area contributed by atoms with Crippen LogP contribution in [-0.4, -0.2) is 32.1 Å². The third kappa shape index (κ3) is 3.82. The monoisotopic (exact) mass is 320 g/mol. The predicted octanol–water partition coefficient (Wildman–Crippen LogP) is 1.81. The fourth-order valence-corrected chi connectivity index (χ4v) is 2.89. The Morgan fingerprint density at radius 1 is 1.27 bits per heavy atom. The fraction of sp³-hybridized carbons (Fsp3) is 0.375. The van der Waals surface area contributed by atoms with Gasteiger partial charge < -0.3 is 10.3 Å². The number of fused-ring (bicyclic) bond motifs is 1. The molecule has 0 aliphatic rings. The van der Waals surface area contributed by atoms with Crippen LogP contribution in [0.3, 0.4) is 0 Å². The molecule has 22 heavy (non-hydrogen) atoms. The van der Waals surface area contributed by atoms with Crippen LogP contribution in [-0.2, 0) is 10.8 Å². The zero-order chi connectivity index (χ0) is 16.3. The van der Waals surface area contributed by atoms with Gasteiger partial charge in [0.05, 0.1) is 0 Å². The van der Waals surface area contributed by atoms with Gasteiger partial charge in [0.15, 0.2) is 0 Å². The first kappa shape index (κ1) is 16.4. The maximum atomic E-state index is 12.1. The number of carbonyl (C=O) groups excluding carboxylic acids is 1. The van der Waals surface area contributed by atoms with Crippen LogP contribution in [0.15, 0.2) is 35.1 Å². The average molecular weight is 320 g/mol. The maximum absolute atomic E-state index is 12.1. The summed E-state index contributed by atoms with van der Waals surface area (Å²) in [4.78, 5) is 26.6. The molecule has 2 aromatic rings. The molecule has 1 aromatic carbocycles. The molecule has 1 unspecified atom stereocenters. The molecule has 0 aliphatic heterocycles. The van der Waals surface area contributed by atoms with Gasteiger partial charge >= 0.3 is 0 Å². The molecule has 0 bridgehead atoms. The number of hydrogen-bond acceptors (Lipinski definition) is 3. The molecule has 118 valence electrons. The molecule has 2 N–H and O–H groups in total. The minimum Gasteiger partial charge on any atom is -0.350 e. The Bertz CT molecular complexity index is 775. The van der Waals surface area contributed by atoms with Crippen molar-refractivity contribution >= 4 is 27.5 Å². The Labute approximate surface area is 131 Å². The first-order valence-electron chi connectivity index (χ1n) is 7.08. The first-order valence-corrected chi connectivity index (χ1v) is 8.39. The van der Waals surface area contributed by atoms with Crippen molar-refractivity contribution in [3.63, 3.8) is 0 Å². The summed E-state index contributed by atoms with van der Waals surface area (Å²) in [6.45, 7) is 5.99. The van der Waals surface area contributed by atoms with Crippen molar-refractivity contribution in [1.29, 1.82) is 0 Å². The number of rotatable bonds is 4. The highest BCUT2D eigenvalue weighted by Crippen LogP contribution is 2.11. The Morgan fingerprint density at radius 3 is 2.64 bits per heavy atom. The van der Waals surface area contributed by atoms with Crippen LogP contribution in [0.1, 0.15) is 31.3 Å². The second kappa shape index (κ2) is 6.44. The molecule has 0 radical (unpaired) electrons. The molecule has 2 rings (SSSR count). The highest BCUT2D eigenvalue weighted by Gasteiger charge is 2.19. The quantitative estimate of drug-likeness (QED) is 0.901. The van der Waals surface area contributed by atoms with Crippen molar-refractivity contribution in [1.82, 2.24) is 10.3 Å². The summed E-state index contributed by atoms with van der Waals surface area (Å²) >= 11 is 0. The minimum atomic E-state index is -1.02. The zero-order valence-electron chi connectivity index (χ0n) is 12.9. The largest absolute Gasteiger partial charge is 0.350 e. The lowest BCUT2D eigenvalue weighted by Gasteiger charge is -2.17. The van der Waals surface area contributed by atoms with Gasteiger partial charge in [-0.2, -0.15) is 0 Å². The van der Waals surface area contributed by atoms with Crippen molar-refractivity contribution in [2.45, 2.75) is 25.5 Å². The third-order valence-electron chi connectivity index (χ3n) is 3.25. The summed E-state index contributed by atoms with van der Waals surface area (Å²) in [6, 6.07) is 8.74. The summed E-state index contributed by atoms with van der Waals surface area (Å²) in [6.07, 6.45) is 0. The summed E-state index contributed by atoms with van der Waals surface area (Å²) in [7, 11) is -1.02. The highest BCUT2D eigenvalue weighted by atomic mass is 32.2. The van der Waals surface area contributed by atoms with E-state index in [-0.39, 0.29) is 21.9 Å². The Hall–Kier alpha value is -1.95. The fourth-order valence-electron chi connectivity index (χ4n) is 1.99. The van der Waals surface area contributed by atoms with Gasteiger partial charge in [-0.3, -0.25) is 13.8 Å². The van der Waals surface area contributed by atoms with Crippen molar-refractivity contribution < 1.29 is 9.00 Å². The van der Waals surface area contributed by atoms with E-state index in [1.165, 1.54) is 0 Å². The number of hydrogen-bond donors (Lipinski definition) is 2. The highest BCUT2D eigenvalue weighted by molar-refractivity contribution is 7.86. The average Bonchev–Trinajstić information content (AvgIpc) is 2.46. The molecular weight excluding hydrogens is 300 g/mol. The smallest absolute Gasteiger partial charge is 0.267 e. The van der Waals surface area contributed by atoms with Crippen LogP contribution in [0, 0.1) is 0 Å². The van der Waals surface area contributed by atoms with Crippen LogP contribution >= 0.6 is 0 Å². The zero-order valence-corrected chi connectivity index (χ0v) is 13.8. The van der Waals surface area contributed by atoms with Crippen LogP contribution in [0.5, 0.6) is 0 Å². The second-order valence-electron chi connectivity index (χ2n) is 6.02. The van der Waals surface area contributed by atoms with E-state index >= 15 is 0 Å². The van der Waals surface area contributed by atoms with Gasteiger partial charge in [0, 0.05) is 33.2 Å². The summed E-state index contributed by atoms with van der Waals surface area (Å²) < 4.78 is 11.6.